The summed E-state index contributed by atoms with van der Waals surface area (Å²) in [6, 6.07) is 0. The van der Waals surface area contributed by atoms with E-state index in [0.29, 0.717) is 12.5 Å². The Kier molecular flexibility index (Phi) is 5.77. The van der Waals surface area contributed by atoms with Crippen LogP contribution < -0.4 is 0 Å². The Labute approximate surface area is 75.3 Å². The smallest absolute Gasteiger partial charge is 0.308 e. The van der Waals surface area contributed by atoms with Crippen LogP contribution >= 0.6 is 0 Å². The minimum Gasteiger partial charge on any atom is -0.465 e. The monoisotopic (exact) mass is 172 g/mol. The van der Waals surface area contributed by atoms with E-state index in [0.717, 1.165) is 12.8 Å². The Balaban J connectivity index is 3.56. The second kappa shape index (κ2) is 6.04. The molecular formula is C10H20O2. The third kappa shape index (κ3) is 4.37. The zero-order valence-corrected chi connectivity index (χ0v) is 8.59. The first kappa shape index (κ1) is 11.5. The average molecular weight is 172 g/mol. The minimum absolute atomic E-state index is 0.0501. The summed E-state index contributed by atoms with van der Waals surface area (Å²) in [6.45, 7) is 8.65. The molecule has 0 bridgehead atoms. The molecule has 0 rings (SSSR count). The van der Waals surface area contributed by atoms with Gasteiger partial charge in [-0.15, -0.1) is 0 Å². The summed E-state index contributed by atoms with van der Waals surface area (Å²) in [5.41, 5.74) is 0. The maximum atomic E-state index is 11.2. The Morgan fingerprint density at radius 3 is 2.25 bits per heavy atom. The van der Waals surface area contributed by atoms with E-state index in [2.05, 4.69) is 13.8 Å². The van der Waals surface area contributed by atoms with Gasteiger partial charge in [-0.25, -0.2) is 0 Å². The van der Waals surface area contributed by atoms with Crippen LogP contribution in [0.3, 0.4) is 0 Å². The van der Waals surface area contributed by atoms with Gasteiger partial charge in [-0.1, -0.05) is 34.1 Å². The molecule has 72 valence electrons. The van der Waals surface area contributed by atoms with E-state index < -0.39 is 0 Å². The fourth-order valence-electron chi connectivity index (χ4n) is 0.651. The van der Waals surface area contributed by atoms with Gasteiger partial charge >= 0.3 is 5.97 Å². The first-order valence-corrected chi connectivity index (χ1v) is 4.78. The van der Waals surface area contributed by atoms with Gasteiger partial charge < -0.3 is 4.74 Å². The maximum absolute atomic E-state index is 11.2. The van der Waals surface area contributed by atoms with Crippen molar-refractivity contribution in [1.82, 2.24) is 0 Å². The third-order valence-corrected chi connectivity index (χ3v) is 2.22. The van der Waals surface area contributed by atoms with Gasteiger partial charge in [0, 0.05) is 0 Å². The lowest BCUT2D eigenvalue weighted by molar-refractivity contribution is -0.149. The first-order valence-electron chi connectivity index (χ1n) is 4.78. The summed E-state index contributed by atoms with van der Waals surface area (Å²) in [5.74, 6) is 0.477. The van der Waals surface area contributed by atoms with Crippen molar-refractivity contribution in [3.05, 3.63) is 0 Å². The van der Waals surface area contributed by atoms with E-state index >= 15 is 0 Å². The number of carbonyl (C=O) groups is 1. The van der Waals surface area contributed by atoms with Gasteiger partial charge in [-0.05, 0) is 12.3 Å². The van der Waals surface area contributed by atoms with Gasteiger partial charge in [0.1, 0.15) is 0 Å². The molecule has 0 saturated carbocycles. The molecule has 0 heterocycles. The topological polar surface area (TPSA) is 26.3 Å². The van der Waals surface area contributed by atoms with Gasteiger partial charge in [0.05, 0.1) is 12.5 Å². The number of esters is 1. The molecule has 0 aromatic heterocycles. The molecule has 2 atom stereocenters. The standard InChI is InChI=1S/C10H20O2/c1-5-8(3)7-12-10(11)9(4)6-2/h8-9H,5-7H2,1-4H3/t8-,9+/m1/s1. The maximum Gasteiger partial charge on any atom is 0.308 e. The molecule has 0 N–H and O–H groups in total. The minimum atomic E-state index is -0.0576. The van der Waals surface area contributed by atoms with Crippen LogP contribution in [-0.2, 0) is 9.53 Å². The molecule has 0 spiro atoms. The Bertz CT molecular complexity index is 132. The van der Waals surface area contributed by atoms with E-state index in [1.165, 1.54) is 0 Å². The van der Waals surface area contributed by atoms with Crippen molar-refractivity contribution in [3.63, 3.8) is 0 Å². The van der Waals surface area contributed by atoms with E-state index in [9.17, 15) is 4.79 Å². The Morgan fingerprint density at radius 2 is 1.83 bits per heavy atom. The van der Waals surface area contributed by atoms with Crippen LogP contribution in [0.5, 0.6) is 0 Å². The highest BCUT2D eigenvalue weighted by molar-refractivity contribution is 5.71. The summed E-state index contributed by atoms with van der Waals surface area (Å²) in [6.07, 6.45) is 1.92. The van der Waals surface area contributed by atoms with Crippen LogP contribution in [0.2, 0.25) is 0 Å². The quantitative estimate of drug-likeness (QED) is 0.596. The second-order valence-corrected chi connectivity index (χ2v) is 3.45. The van der Waals surface area contributed by atoms with E-state index in [-0.39, 0.29) is 11.9 Å². The fourth-order valence-corrected chi connectivity index (χ4v) is 0.651. The molecule has 0 radical (unpaired) electrons. The molecular weight excluding hydrogens is 152 g/mol. The summed E-state index contributed by atoms with van der Waals surface area (Å²) in [4.78, 5) is 11.2. The van der Waals surface area contributed by atoms with E-state index in [1.807, 2.05) is 13.8 Å². The summed E-state index contributed by atoms with van der Waals surface area (Å²) in [5, 5.41) is 0. The largest absolute Gasteiger partial charge is 0.465 e. The summed E-state index contributed by atoms with van der Waals surface area (Å²) >= 11 is 0. The van der Waals surface area contributed by atoms with Crippen molar-refractivity contribution >= 4 is 5.97 Å². The molecule has 0 unspecified atom stereocenters. The molecule has 0 aromatic rings. The van der Waals surface area contributed by atoms with Gasteiger partial charge in [0.2, 0.25) is 0 Å². The molecule has 0 aromatic carbocycles. The Morgan fingerprint density at radius 1 is 1.25 bits per heavy atom. The van der Waals surface area contributed by atoms with Crippen molar-refractivity contribution in [2.24, 2.45) is 11.8 Å². The predicted molar refractivity (Wildman–Crippen MR) is 49.9 cm³/mol. The third-order valence-electron chi connectivity index (χ3n) is 2.22. The SMILES string of the molecule is CC[C@@H](C)COC(=O)[C@@H](C)CC. The molecule has 0 aliphatic heterocycles. The van der Waals surface area contributed by atoms with Crippen LogP contribution in [-0.4, -0.2) is 12.6 Å². The van der Waals surface area contributed by atoms with Crippen molar-refractivity contribution in [3.8, 4) is 0 Å². The summed E-state index contributed by atoms with van der Waals surface area (Å²) in [7, 11) is 0. The molecule has 12 heavy (non-hydrogen) atoms. The van der Waals surface area contributed by atoms with Gasteiger partial charge in [-0.2, -0.15) is 0 Å². The highest BCUT2D eigenvalue weighted by Gasteiger charge is 2.12. The lowest BCUT2D eigenvalue weighted by atomic mass is 10.1. The van der Waals surface area contributed by atoms with Gasteiger partial charge in [0.15, 0.2) is 0 Å². The van der Waals surface area contributed by atoms with Crippen molar-refractivity contribution in [2.75, 3.05) is 6.61 Å². The zero-order valence-electron chi connectivity index (χ0n) is 8.59. The molecule has 0 aliphatic carbocycles. The lowest BCUT2D eigenvalue weighted by Crippen LogP contribution is -2.17. The van der Waals surface area contributed by atoms with Crippen molar-refractivity contribution in [2.45, 2.75) is 40.5 Å². The average Bonchev–Trinajstić information content (AvgIpc) is 2.11. The molecule has 0 amide bonds. The number of carbonyl (C=O) groups excluding carboxylic acids is 1. The number of ether oxygens (including phenoxy) is 1. The molecule has 2 heteroatoms. The highest BCUT2D eigenvalue weighted by Crippen LogP contribution is 2.06. The van der Waals surface area contributed by atoms with Crippen LogP contribution in [0.25, 0.3) is 0 Å². The number of rotatable bonds is 5. The lowest BCUT2D eigenvalue weighted by Gasteiger charge is -2.12. The molecule has 2 nitrogen and oxygen atoms in total. The zero-order chi connectivity index (χ0) is 9.56. The Hall–Kier alpha value is -0.530. The normalized spacial score (nSPS) is 15.3. The fraction of sp³-hybridized carbons (Fsp3) is 0.900. The van der Waals surface area contributed by atoms with Gasteiger partial charge in [-0.3, -0.25) is 4.79 Å². The van der Waals surface area contributed by atoms with Crippen LogP contribution in [0, 0.1) is 11.8 Å². The first-order chi connectivity index (χ1) is 5.61. The van der Waals surface area contributed by atoms with Gasteiger partial charge in [0.25, 0.3) is 0 Å². The summed E-state index contributed by atoms with van der Waals surface area (Å²) < 4.78 is 5.11. The molecule has 0 aliphatic rings. The van der Waals surface area contributed by atoms with Crippen LogP contribution in [0.1, 0.15) is 40.5 Å². The number of hydrogen-bond acceptors (Lipinski definition) is 2. The van der Waals surface area contributed by atoms with Crippen molar-refractivity contribution < 1.29 is 9.53 Å². The highest BCUT2D eigenvalue weighted by atomic mass is 16.5. The predicted octanol–water partition coefficient (Wildman–Crippen LogP) is 2.62. The molecule has 0 fully saturated rings. The van der Waals surface area contributed by atoms with Crippen LogP contribution in [0.15, 0.2) is 0 Å². The van der Waals surface area contributed by atoms with Crippen LogP contribution in [0.4, 0.5) is 0 Å². The van der Waals surface area contributed by atoms with E-state index in [4.69, 9.17) is 4.74 Å². The molecule has 0 saturated heterocycles. The van der Waals surface area contributed by atoms with Crippen molar-refractivity contribution in [1.29, 1.82) is 0 Å². The van der Waals surface area contributed by atoms with E-state index in [1.54, 1.807) is 0 Å². The number of hydrogen-bond donors (Lipinski definition) is 0. The second-order valence-electron chi connectivity index (χ2n) is 3.45.